The van der Waals surface area contributed by atoms with Gasteiger partial charge in [-0.05, 0) is 89.0 Å². The summed E-state index contributed by atoms with van der Waals surface area (Å²) in [6.07, 6.45) is -0.818. The number of amides is 2. The van der Waals surface area contributed by atoms with Gasteiger partial charge in [0.1, 0.15) is 41.5 Å². The molecule has 4 N–H and O–H groups in total. The summed E-state index contributed by atoms with van der Waals surface area (Å²) < 4.78 is 17.7. The number of ether oxygens (including phenoxy) is 3. The highest BCUT2D eigenvalue weighted by atomic mass is 16.6. The molecule has 6 atom stereocenters. The average Bonchev–Trinajstić information content (AvgIpc) is 4.00. The normalized spacial score (nSPS) is 22.2. The van der Waals surface area contributed by atoms with Crippen molar-refractivity contribution < 1.29 is 33.7 Å². The van der Waals surface area contributed by atoms with Crippen molar-refractivity contribution in [3.63, 3.8) is 0 Å². The van der Waals surface area contributed by atoms with Crippen molar-refractivity contribution in [3.8, 4) is 23.3 Å². The van der Waals surface area contributed by atoms with E-state index in [2.05, 4.69) is 27.5 Å². The van der Waals surface area contributed by atoms with E-state index < -0.39 is 53.3 Å². The van der Waals surface area contributed by atoms with Crippen LogP contribution in [0.4, 0.5) is 5.69 Å². The van der Waals surface area contributed by atoms with Gasteiger partial charge in [-0.2, -0.15) is 0 Å². The number of hydrogen-bond donors (Lipinski definition) is 4. The number of esters is 1. The number of hydrogen-bond acceptors (Lipinski definition) is 9. The molecule has 10 rings (SSSR count). The molecule has 3 aliphatic rings. The Morgan fingerprint density at radius 3 is 2.19 bits per heavy atom. The number of nitrogens with one attached hydrogen (secondary N) is 3. The van der Waals surface area contributed by atoms with Crippen LogP contribution < -0.4 is 20.1 Å². The van der Waals surface area contributed by atoms with E-state index in [1.807, 2.05) is 144 Å². The fourth-order valence-electron chi connectivity index (χ4n) is 9.77. The lowest BCUT2D eigenvalue weighted by Gasteiger charge is -2.46. The molecule has 12 nitrogen and oxygen atoms in total. The Labute approximate surface area is 369 Å². The number of aliphatic hydroxyl groups excluding tert-OH is 1. The highest BCUT2D eigenvalue weighted by molar-refractivity contribution is 6.12. The number of anilines is 1. The van der Waals surface area contributed by atoms with Crippen LogP contribution in [0, 0.1) is 17.8 Å². The van der Waals surface area contributed by atoms with Gasteiger partial charge in [-0.25, -0.2) is 4.98 Å². The van der Waals surface area contributed by atoms with Gasteiger partial charge in [0.2, 0.25) is 11.8 Å². The Hall–Kier alpha value is -7.72. The first-order chi connectivity index (χ1) is 31.4. The largest absolute Gasteiger partial charge is 0.497 e. The molecule has 0 bridgehead atoms. The molecule has 0 aliphatic carbocycles. The third-order valence-corrected chi connectivity index (χ3v) is 12.5. The fourth-order valence-corrected chi connectivity index (χ4v) is 9.77. The summed E-state index contributed by atoms with van der Waals surface area (Å²) in [5, 5.41) is 15.8. The van der Waals surface area contributed by atoms with Crippen LogP contribution in [-0.2, 0) is 31.1 Å². The number of fused-ring (bicyclic) bond motifs is 4. The first kappa shape index (κ1) is 40.4. The summed E-state index contributed by atoms with van der Waals surface area (Å²) in [4.78, 5) is 56.2. The van der Waals surface area contributed by atoms with Crippen LogP contribution in [-0.4, -0.2) is 64.1 Å². The minimum atomic E-state index is -1.72. The number of aromatic nitrogens is 2. The summed E-state index contributed by atoms with van der Waals surface area (Å²) in [6, 6.07) is 44.2. The quantitative estimate of drug-likeness (QED) is 0.0848. The predicted octanol–water partition coefficient (Wildman–Crippen LogP) is 6.93. The number of carbonyl (C=O) groups is 3. The van der Waals surface area contributed by atoms with Crippen LogP contribution >= 0.6 is 0 Å². The van der Waals surface area contributed by atoms with Gasteiger partial charge < -0.3 is 34.9 Å². The molecule has 2 amide bonds. The summed E-state index contributed by atoms with van der Waals surface area (Å²) in [7, 11) is 1.61. The zero-order valence-corrected chi connectivity index (χ0v) is 34.7. The number of para-hydroxylation sites is 2. The molecule has 2 fully saturated rings. The molecule has 318 valence electrons. The smallest absolute Gasteiger partial charge is 0.324 e. The number of carbonyl (C=O) groups excluding carboxylic acids is 3. The molecule has 1 aromatic heterocycles. The Kier molecular flexibility index (Phi) is 10.6. The van der Waals surface area contributed by atoms with Crippen molar-refractivity contribution >= 4 is 34.5 Å². The van der Waals surface area contributed by atoms with Gasteiger partial charge >= 0.3 is 5.97 Å². The number of imidazole rings is 1. The van der Waals surface area contributed by atoms with Crippen LogP contribution in [0.3, 0.4) is 0 Å². The van der Waals surface area contributed by atoms with E-state index >= 15 is 14.4 Å². The maximum atomic E-state index is 15.6. The summed E-state index contributed by atoms with van der Waals surface area (Å²) in [5.74, 6) is 5.32. The second-order valence-electron chi connectivity index (χ2n) is 16.0. The van der Waals surface area contributed by atoms with Gasteiger partial charge in [-0.3, -0.25) is 19.3 Å². The zero-order chi connectivity index (χ0) is 43.8. The first-order valence-corrected chi connectivity index (χ1v) is 21.1. The minimum Gasteiger partial charge on any atom is -0.497 e. The molecule has 12 heteroatoms. The maximum Gasteiger partial charge on any atom is 0.324 e. The molecule has 6 unspecified atom stereocenters. The summed E-state index contributed by atoms with van der Waals surface area (Å²) in [6.45, 7) is -0.0820. The van der Waals surface area contributed by atoms with Crippen LogP contribution in [0.1, 0.15) is 57.4 Å². The van der Waals surface area contributed by atoms with Gasteiger partial charge in [-0.15, -0.1) is 0 Å². The Morgan fingerprint density at radius 2 is 1.47 bits per heavy atom. The zero-order valence-electron chi connectivity index (χ0n) is 34.7. The standard InChI is InChI=1S/C52H43N5O7/c1-62-37-23-18-32(19-24-37)16-17-33-20-27-40-39(30-33)52(51(61)56-40)44(49(59)53-31-43-54-41-14-8-9-15-42(41)55-43)46-50(60)64-47(35-12-6-3-7-13-35)45(34-10-4-2-5-11-34)57(46)48(52)36-21-25-38(26-22-36)63-29-28-58/h2-15,18-27,30,44-48,58H,28-29,31H2,1H3,(H,53,59)(H,54,55)(H,56,61). The lowest BCUT2D eigenvalue weighted by Crippen LogP contribution is -2.54. The third-order valence-electron chi connectivity index (χ3n) is 12.5. The molecule has 1 spiro atoms. The summed E-state index contributed by atoms with van der Waals surface area (Å²) >= 11 is 0. The molecule has 64 heavy (non-hydrogen) atoms. The highest BCUT2D eigenvalue weighted by Gasteiger charge is 2.74. The molecular formula is C52H43N5O7. The Morgan fingerprint density at radius 1 is 0.797 bits per heavy atom. The van der Waals surface area contributed by atoms with E-state index in [0.717, 1.165) is 27.7 Å². The predicted molar refractivity (Wildman–Crippen MR) is 239 cm³/mol. The minimum absolute atomic E-state index is 0.0000272. The fraction of sp³-hybridized carbons (Fsp3) is 0.192. The van der Waals surface area contributed by atoms with Gasteiger partial charge in [0.15, 0.2) is 0 Å². The van der Waals surface area contributed by atoms with Crippen LogP contribution in [0.5, 0.6) is 11.5 Å². The number of rotatable bonds is 10. The number of aromatic amines is 1. The van der Waals surface area contributed by atoms with Crippen molar-refractivity contribution in [2.24, 2.45) is 5.92 Å². The second kappa shape index (κ2) is 16.9. The van der Waals surface area contributed by atoms with E-state index in [9.17, 15) is 5.11 Å². The average molecular weight is 850 g/mol. The summed E-state index contributed by atoms with van der Waals surface area (Å²) in [5.41, 5.74) is 4.47. The lowest BCUT2D eigenvalue weighted by atomic mass is 9.65. The van der Waals surface area contributed by atoms with Gasteiger partial charge in [0.25, 0.3) is 0 Å². The molecule has 3 aliphatic heterocycles. The topological polar surface area (TPSA) is 155 Å². The third kappa shape index (κ3) is 7.01. The van der Waals surface area contributed by atoms with Gasteiger partial charge in [0, 0.05) is 16.8 Å². The monoisotopic (exact) mass is 849 g/mol. The van der Waals surface area contributed by atoms with E-state index in [4.69, 9.17) is 19.2 Å². The van der Waals surface area contributed by atoms with Crippen molar-refractivity contribution in [1.82, 2.24) is 20.2 Å². The van der Waals surface area contributed by atoms with Crippen LogP contribution in [0.15, 0.2) is 152 Å². The number of morpholine rings is 1. The number of benzene rings is 6. The second-order valence-corrected chi connectivity index (χ2v) is 16.0. The number of nitrogens with zero attached hydrogens (tertiary/aromatic N) is 2. The molecule has 6 aromatic carbocycles. The SMILES string of the molecule is COc1ccc(C#Cc2ccc3c(c2)C2(C(=O)N3)C(C(=O)NCc3nc4ccccc4[nH]3)C3C(=O)OC(c4ccccc4)C(c4ccccc4)N3C2c2ccc(OCCO)cc2)cc1. The van der Waals surface area contributed by atoms with Gasteiger partial charge in [0.05, 0.1) is 49.3 Å². The number of cyclic esters (lactones) is 1. The molecule has 0 saturated carbocycles. The maximum absolute atomic E-state index is 15.6. The number of aliphatic hydroxyl groups is 1. The van der Waals surface area contributed by atoms with E-state index in [-0.39, 0.29) is 19.8 Å². The Balaban J connectivity index is 1.19. The van der Waals surface area contributed by atoms with Crippen molar-refractivity contribution in [2.75, 3.05) is 25.6 Å². The van der Waals surface area contributed by atoms with E-state index in [1.54, 1.807) is 19.2 Å². The van der Waals surface area contributed by atoms with Crippen molar-refractivity contribution in [3.05, 3.63) is 191 Å². The lowest BCUT2D eigenvalue weighted by molar-refractivity contribution is -0.178. The van der Waals surface area contributed by atoms with Crippen molar-refractivity contribution in [2.45, 2.75) is 36.2 Å². The van der Waals surface area contributed by atoms with Crippen LogP contribution in [0.2, 0.25) is 0 Å². The Bertz CT molecular complexity index is 2900. The van der Waals surface area contributed by atoms with Crippen molar-refractivity contribution in [1.29, 1.82) is 0 Å². The molecule has 0 radical (unpaired) electrons. The molecular weight excluding hydrogens is 807 g/mol. The first-order valence-electron chi connectivity index (χ1n) is 21.1. The molecule has 2 saturated heterocycles. The molecule has 4 heterocycles. The molecule has 7 aromatic rings. The van der Waals surface area contributed by atoms with E-state index in [1.165, 1.54) is 0 Å². The van der Waals surface area contributed by atoms with Crippen LogP contribution in [0.25, 0.3) is 11.0 Å². The highest BCUT2D eigenvalue weighted by Crippen LogP contribution is 2.64. The van der Waals surface area contributed by atoms with E-state index in [0.29, 0.717) is 39.7 Å². The van der Waals surface area contributed by atoms with Gasteiger partial charge in [-0.1, -0.05) is 96.8 Å². The number of methoxy groups -OCH3 is 1. The number of H-pyrrole nitrogens is 1.